The summed E-state index contributed by atoms with van der Waals surface area (Å²) in [7, 11) is 0. The molecule has 0 aromatic heterocycles. The fourth-order valence-corrected chi connectivity index (χ4v) is 3.32. The average molecular weight is 297 g/mol. The monoisotopic (exact) mass is 297 g/mol. The van der Waals surface area contributed by atoms with Gasteiger partial charge in [-0.05, 0) is 50.4 Å². The first-order chi connectivity index (χ1) is 10.1. The fraction of sp³-hybridized carbons (Fsp3) is 0.875. The number of carbonyl (C=O) groups is 2. The number of carboxylic acid groups (broad SMARTS) is 1. The maximum Gasteiger partial charge on any atom is 0.303 e. The summed E-state index contributed by atoms with van der Waals surface area (Å²) in [5.41, 5.74) is 0. The highest BCUT2D eigenvalue weighted by Gasteiger charge is 2.24. The van der Waals surface area contributed by atoms with Gasteiger partial charge in [0.05, 0.1) is 0 Å². The molecule has 2 fully saturated rings. The minimum absolute atomic E-state index is 0.252. The Morgan fingerprint density at radius 2 is 1.52 bits per heavy atom. The number of amides is 1. The number of piperidine rings is 1. The smallest absolute Gasteiger partial charge is 0.303 e. The molecule has 5 heteroatoms. The largest absolute Gasteiger partial charge is 0.481 e. The van der Waals surface area contributed by atoms with E-state index in [1.807, 2.05) is 4.90 Å². The second-order valence-corrected chi connectivity index (χ2v) is 6.35. The van der Waals surface area contributed by atoms with Crippen molar-refractivity contribution in [2.75, 3.05) is 26.3 Å². The Labute approximate surface area is 126 Å². The van der Waals surface area contributed by atoms with E-state index in [0.29, 0.717) is 18.3 Å². The third kappa shape index (κ3) is 5.65. The highest BCUT2D eigenvalue weighted by molar-refractivity contribution is 5.76. The molecule has 1 amide bonds. The summed E-state index contributed by atoms with van der Waals surface area (Å²) >= 11 is 0. The van der Waals surface area contributed by atoms with E-state index < -0.39 is 5.97 Å². The van der Waals surface area contributed by atoms with Crippen molar-refractivity contribution in [3.63, 3.8) is 0 Å². The van der Waals surface area contributed by atoms with E-state index in [9.17, 15) is 9.59 Å². The van der Waals surface area contributed by atoms with Gasteiger partial charge in [0.15, 0.2) is 0 Å². The molecule has 5 nitrogen and oxygen atoms in total. The van der Waals surface area contributed by atoms with Gasteiger partial charge in [-0.15, -0.1) is 0 Å². The Morgan fingerprint density at radius 1 is 0.952 bits per heavy atom. The van der Waals surface area contributed by atoms with Gasteiger partial charge in [0.2, 0.25) is 5.91 Å². The lowest BCUT2D eigenvalue weighted by Crippen LogP contribution is -2.38. The van der Waals surface area contributed by atoms with Gasteiger partial charge in [-0.1, -0.05) is 0 Å². The van der Waals surface area contributed by atoms with E-state index >= 15 is 0 Å². The molecule has 2 heterocycles. The normalized spacial score (nSPS) is 21.4. The summed E-state index contributed by atoms with van der Waals surface area (Å²) in [6.07, 6.45) is 6.73. The highest BCUT2D eigenvalue weighted by Crippen LogP contribution is 2.24. The molecule has 21 heavy (non-hydrogen) atoms. The number of nitrogens with zero attached hydrogens (tertiary/aromatic N) is 1. The molecule has 0 aromatic carbocycles. The summed E-state index contributed by atoms with van der Waals surface area (Å²) < 4.78 is 5.34. The third-order valence-corrected chi connectivity index (χ3v) is 4.84. The quantitative estimate of drug-likeness (QED) is 0.817. The molecule has 0 bridgehead atoms. The van der Waals surface area contributed by atoms with E-state index in [0.717, 1.165) is 64.8 Å². The van der Waals surface area contributed by atoms with E-state index in [4.69, 9.17) is 9.84 Å². The predicted octanol–water partition coefficient (Wildman–Crippen LogP) is 2.30. The Balaban J connectivity index is 1.62. The molecule has 0 radical (unpaired) electrons. The maximum atomic E-state index is 12.2. The number of likely N-dealkylation sites (tertiary alicyclic amines) is 1. The van der Waals surface area contributed by atoms with Crippen LogP contribution in [-0.4, -0.2) is 48.2 Å². The molecule has 0 aromatic rings. The van der Waals surface area contributed by atoms with E-state index in [-0.39, 0.29) is 12.3 Å². The summed E-state index contributed by atoms with van der Waals surface area (Å²) in [4.78, 5) is 24.8. The second kappa shape index (κ2) is 8.37. The van der Waals surface area contributed by atoms with Crippen molar-refractivity contribution < 1.29 is 19.4 Å². The van der Waals surface area contributed by atoms with E-state index in [1.165, 1.54) is 0 Å². The molecular formula is C16H27NO4. The van der Waals surface area contributed by atoms with Gasteiger partial charge < -0.3 is 14.7 Å². The Hall–Kier alpha value is -1.10. The second-order valence-electron chi connectivity index (χ2n) is 6.35. The van der Waals surface area contributed by atoms with Gasteiger partial charge in [0, 0.05) is 39.1 Å². The molecule has 0 spiro atoms. The zero-order valence-electron chi connectivity index (χ0n) is 12.8. The zero-order chi connectivity index (χ0) is 15.1. The fourth-order valence-electron chi connectivity index (χ4n) is 3.32. The topological polar surface area (TPSA) is 66.8 Å². The van der Waals surface area contributed by atoms with Crippen LogP contribution in [0.25, 0.3) is 0 Å². The van der Waals surface area contributed by atoms with Crippen LogP contribution < -0.4 is 0 Å². The highest BCUT2D eigenvalue weighted by atomic mass is 16.5. The number of rotatable bonds is 6. The Morgan fingerprint density at radius 3 is 2.14 bits per heavy atom. The van der Waals surface area contributed by atoms with Crippen LogP contribution in [0.15, 0.2) is 0 Å². The molecule has 120 valence electrons. The number of carboxylic acids is 1. The van der Waals surface area contributed by atoms with Gasteiger partial charge in [-0.3, -0.25) is 9.59 Å². The van der Waals surface area contributed by atoms with Crippen LogP contribution >= 0.6 is 0 Å². The number of hydrogen-bond donors (Lipinski definition) is 1. The van der Waals surface area contributed by atoms with Gasteiger partial charge in [0.1, 0.15) is 0 Å². The van der Waals surface area contributed by atoms with Gasteiger partial charge in [-0.2, -0.15) is 0 Å². The van der Waals surface area contributed by atoms with Crippen molar-refractivity contribution in [1.29, 1.82) is 0 Å². The van der Waals surface area contributed by atoms with Crippen molar-refractivity contribution in [3.05, 3.63) is 0 Å². The molecular weight excluding hydrogens is 270 g/mol. The first-order valence-corrected chi connectivity index (χ1v) is 8.22. The third-order valence-electron chi connectivity index (χ3n) is 4.84. The molecule has 0 aliphatic carbocycles. The molecule has 2 aliphatic heterocycles. The van der Waals surface area contributed by atoms with Crippen LogP contribution in [0, 0.1) is 11.8 Å². The minimum atomic E-state index is -0.718. The molecule has 0 unspecified atom stereocenters. The summed E-state index contributed by atoms with van der Waals surface area (Å²) in [6.45, 7) is 3.29. The van der Waals surface area contributed by atoms with Crippen molar-refractivity contribution in [3.8, 4) is 0 Å². The van der Waals surface area contributed by atoms with Crippen LogP contribution in [0.2, 0.25) is 0 Å². The lowest BCUT2D eigenvalue weighted by atomic mass is 9.91. The lowest BCUT2D eigenvalue weighted by molar-refractivity contribution is -0.138. The SMILES string of the molecule is O=C(O)CCC1CCN(C(=O)CCC2CCOCC2)CC1. The molecule has 0 saturated carbocycles. The number of aliphatic carboxylic acids is 1. The lowest BCUT2D eigenvalue weighted by Gasteiger charge is -2.32. The number of hydrogen-bond acceptors (Lipinski definition) is 3. The molecule has 2 aliphatic rings. The first kappa shape index (κ1) is 16.3. The summed E-state index contributed by atoms with van der Waals surface area (Å²) in [5, 5.41) is 8.70. The zero-order valence-corrected chi connectivity index (χ0v) is 12.8. The first-order valence-electron chi connectivity index (χ1n) is 8.22. The number of carbonyl (C=O) groups excluding carboxylic acids is 1. The molecule has 2 rings (SSSR count). The van der Waals surface area contributed by atoms with E-state index in [2.05, 4.69) is 0 Å². The standard InChI is InChI=1S/C16H27NO4/c18-15(3-1-14-7-11-21-12-8-14)17-9-5-13(6-10-17)2-4-16(19)20/h13-14H,1-12H2,(H,19,20). The van der Waals surface area contributed by atoms with Crippen LogP contribution in [0.1, 0.15) is 51.4 Å². The van der Waals surface area contributed by atoms with E-state index in [1.54, 1.807) is 0 Å². The predicted molar refractivity (Wildman–Crippen MR) is 79.0 cm³/mol. The van der Waals surface area contributed by atoms with Crippen LogP contribution in [0.4, 0.5) is 0 Å². The minimum Gasteiger partial charge on any atom is -0.481 e. The van der Waals surface area contributed by atoms with Gasteiger partial charge in [0.25, 0.3) is 0 Å². The van der Waals surface area contributed by atoms with Crippen molar-refractivity contribution >= 4 is 11.9 Å². The summed E-state index contributed by atoms with van der Waals surface area (Å²) in [6, 6.07) is 0. The Bertz CT molecular complexity index is 344. The summed E-state index contributed by atoms with van der Waals surface area (Å²) in [5.74, 6) is 0.680. The van der Waals surface area contributed by atoms with Crippen LogP contribution in [0.3, 0.4) is 0 Å². The van der Waals surface area contributed by atoms with Gasteiger partial charge in [-0.25, -0.2) is 0 Å². The van der Waals surface area contributed by atoms with Crippen molar-refractivity contribution in [2.24, 2.45) is 11.8 Å². The maximum absolute atomic E-state index is 12.2. The number of ether oxygens (including phenoxy) is 1. The molecule has 1 N–H and O–H groups in total. The van der Waals surface area contributed by atoms with Gasteiger partial charge >= 0.3 is 5.97 Å². The van der Waals surface area contributed by atoms with Crippen molar-refractivity contribution in [1.82, 2.24) is 4.90 Å². The van der Waals surface area contributed by atoms with Crippen LogP contribution in [0.5, 0.6) is 0 Å². The van der Waals surface area contributed by atoms with Crippen molar-refractivity contribution in [2.45, 2.75) is 51.4 Å². The average Bonchev–Trinajstić information content (AvgIpc) is 2.52. The molecule has 0 atom stereocenters. The Kier molecular flexibility index (Phi) is 6.49. The molecule has 2 saturated heterocycles. The van der Waals surface area contributed by atoms with Crippen LogP contribution in [-0.2, 0) is 14.3 Å².